The predicted octanol–water partition coefficient (Wildman–Crippen LogP) is 1.03. The van der Waals surface area contributed by atoms with Crippen LogP contribution in [0.15, 0.2) is 46.2 Å². The summed E-state index contributed by atoms with van der Waals surface area (Å²) in [5.41, 5.74) is 0.767. The Morgan fingerprint density at radius 1 is 1.53 bits per heavy atom. The molecule has 0 unspecified atom stereocenters. The highest BCUT2D eigenvalue weighted by Crippen LogP contribution is 2.08. The van der Waals surface area contributed by atoms with Crippen LogP contribution in [0, 0.1) is 0 Å². The summed E-state index contributed by atoms with van der Waals surface area (Å²) in [7, 11) is 1.39. The van der Waals surface area contributed by atoms with Crippen LogP contribution in [0.2, 0.25) is 0 Å². The number of hydrogen-bond donors (Lipinski definition) is 1. The minimum atomic E-state index is -1.09. The van der Waals surface area contributed by atoms with Crippen molar-refractivity contribution in [2.24, 2.45) is 9.98 Å². The van der Waals surface area contributed by atoms with Crippen molar-refractivity contribution in [3.05, 3.63) is 36.2 Å². The van der Waals surface area contributed by atoms with Gasteiger partial charge in [-0.3, -0.25) is 14.6 Å². The average molecular weight is 261 g/mol. The zero-order valence-electron chi connectivity index (χ0n) is 10.6. The molecule has 0 aromatic carbocycles. The average Bonchev–Trinajstić information content (AvgIpc) is 2.38. The molecule has 0 aliphatic heterocycles. The zero-order chi connectivity index (χ0) is 14.3. The topological polar surface area (TPSA) is 82.3 Å². The van der Waals surface area contributed by atoms with Gasteiger partial charge in [-0.05, 0) is 12.8 Å². The van der Waals surface area contributed by atoms with Gasteiger partial charge in [0.25, 0.3) is 5.91 Å². The largest absolute Gasteiger partial charge is 0.480 e. The highest BCUT2D eigenvalue weighted by atomic mass is 16.4. The van der Waals surface area contributed by atoms with E-state index in [9.17, 15) is 9.59 Å². The summed E-state index contributed by atoms with van der Waals surface area (Å²) in [5.74, 6) is -1.60. The Hall–Kier alpha value is -2.50. The molecule has 1 amide bonds. The van der Waals surface area contributed by atoms with E-state index in [0.717, 1.165) is 4.90 Å². The fourth-order valence-corrected chi connectivity index (χ4v) is 1.43. The van der Waals surface area contributed by atoms with Crippen LogP contribution in [0.3, 0.4) is 0 Å². The number of allylic oxidation sites excluding steroid dienone is 4. The van der Waals surface area contributed by atoms with Gasteiger partial charge in [0.05, 0.1) is 6.20 Å². The van der Waals surface area contributed by atoms with Crippen molar-refractivity contribution in [1.82, 2.24) is 4.90 Å². The molecule has 1 rings (SSSR count). The molecule has 1 aliphatic carbocycles. The normalized spacial score (nSPS) is 16.5. The SMILES string of the molecule is C=N/C=C(\N=C1C=CC=CC1)C(=O)N(C)CC(=O)O. The van der Waals surface area contributed by atoms with E-state index in [1.807, 2.05) is 18.2 Å². The molecule has 0 aromatic rings. The van der Waals surface area contributed by atoms with Gasteiger partial charge in [-0.1, -0.05) is 18.2 Å². The van der Waals surface area contributed by atoms with E-state index in [0.29, 0.717) is 12.1 Å². The van der Waals surface area contributed by atoms with Crippen LogP contribution in [0.5, 0.6) is 0 Å². The number of nitrogens with zero attached hydrogens (tertiary/aromatic N) is 3. The number of carboxylic acid groups (broad SMARTS) is 1. The lowest BCUT2D eigenvalue weighted by Gasteiger charge is -2.14. The summed E-state index contributed by atoms with van der Waals surface area (Å²) in [4.78, 5) is 31.3. The summed E-state index contributed by atoms with van der Waals surface area (Å²) in [6.07, 6.45) is 9.21. The number of amides is 1. The van der Waals surface area contributed by atoms with Crippen LogP contribution in [0.25, 0.3) is 0 Å². The van der Waals surface area contributed by atoms with Gasteiger partial charge in [-0.15, -0.1) is 0 Å². The molecule has 0 aromatic heterocycles. The van der Waals surface area contributed by atoms with Gasteiger partial charge >= 0.3 is 5.97 Å². The number of carbonyl (C=O) groups excluding carboxylic acids is 1. The van der Waals surface area contributed by atoms with Crippen LogP contribution in [-0.4, -0.2) is 47.9 Å². The first-order valence-corrected chi connectivity index (χ1v) is 5.58. The molecule has 0 heterocycles. The van der Waals surface area contributed by atoms with Crippen LogP contribution in [-0.2, 0) is 9.59 Å². The molecule has 0 spiro atoms. The van der Waals surface area contributed by atoms with Crippen molar-refractivity contribution in [3.63, 3.8) is 0 Å². The molecule has 19 heavy (non-hydrogen) atoms. The lowest BCUT2D eigenvalue weighted by atomic mass is 10.1. The van der Waals surface area contributed by atoms with Gasteiger partial charge in [-0.25, -0.2) is 4.99 Å². The molecule has 0 radical (unpaired) electrons. The van der Waals surface area contributed by atoms with E-state index in [-0.39, 0.29) is 5.70 Å². The molecule has 0 saturated heterocycles. The predicted molar refractivity (Wildman–Crippen MR) is 73.2 cm³/mol. The maximum atomic E-state index is 12.0. The van der Waals surface area contributed by atoms with Crippen molar-refractivity contribution >= 4 is 24.3 Å². The first-order valence-electron chi connectivity index (χ1n) is 5.58. The second-order valence-corrected chi connectivity index (χ2v) is 3.85. The molecule has 0 bridgehead atoms. The van der Waals surface area contributed by atoms with Gasteiger partial charge in [-0.2, -0.15) is 0 Å². The number of hydrogen-bond acceptors (Lipinski definition) is 4. The van der Waals surface area contributed by atoms with E-state index >= 15 is 0 Å². The molecule has 0 atom stereocenters. The van der Waals surface area contributed by atoms with Crippen LogP contribution >= 0.6 is 0 Å². The number of rotatable bonds is 5. The molecule has 6 nitrogen and oxygen atoms in total. The number of carbonyl (C=O) groups is 2. The molecule has 1 N–H and O–H groups in total. The zero-order valence-corrected chi connectivity index (χ0v) is 10.6. The number of aliphatic carboxylic acids is 1. The van der Waals surface area contributed by atoms with Crippen LogP contribution < -0.4 is 0 Å². The highest BCUT2D eigenvalue weighted by Gasteiger charge is 2.17. The fraction of sp³-hybridized carbons (Fsp3) is 0.231. The minimum absolute atomic E-state index is 0.0636. The van der Waals surface area contributed by atoms with E-state index in [1.165, 1.54) is 13.2 Å². The molecule has 6 heteroatoms. The van der Waals surface area contributed by atoms with Crippen LogP contribution in [0.1, 0.15) is 6.42 Å². The first kappa shape index (κ1) is 14.6. The maximum absolute atomic E-state index is 12.0. The smallest absolute Gasteiger partial charge is 0.323 e. The van der Waals surface area contributed by atoms with Crippen LogP contribution in [0.4, 0.5) is 0 Å². The molecular formula is C13H15N3O3. The van der Waals surface area contributed by atoms with Crippen molar-refractivity contribution in [2.75, 3.05) is 13.6 Å². The van der Waals surface area contributed by atoms with Crippen molar-refractivity contribution in [1.29, 1.82) is 0 Å². The van der Waals surface area contributed by atoms with E-state index in [4.69, 9.17) is 5.11 Å². The fourth-order valence-electron chi connectivity index (χ4n) is 1.43. The third-order valence-electron chi connectivity index (χ3n) is 2.28. The second kappa shape index (κ2) is 7.05. The van der Waals surface area contributed by atoms with E-state index < -0.39 is 18.4 Å². The van der Waals surface area contributed by atoms with E-state index in [1.54, 1.807) is 6.08 Å². The summed E-state index contributed by atoms with van der Waals surface area (Å²) in [6.45, 7) is 2.89. The van der Waals surface area contributed by atoms with Crippen molar-refractivity contribution < 1.29 is 14.7 Å². The summed E-state index contributed by atoms with van der Waals surface area (Å²) >= 11 is 0. The maximum Gasteiger partial charge on any atom is 0.323 e. The Bertz CT molecular complexity index is 501. The number of likely N-dealkylation sites (N-methyl/N-ethyl adjacent to an activating group) is 1. The quantitative estimate of drug-likeness (QED) is 0.592. The minimum Gasteiger partial charge on any atom is -0.480 e. The Labute approximate surface area is 111 Å². The highest BCUT2D eigenvalue weighted by molar-refractivity contribution is 6.03. The lowest BCUT2D eigenvalue weighted by Crippen LogP contribution is -2.32. The number of aliphatic imine (C=N–C) groups is 2. The molecule has 0 fully saturated rings. The van der Waals surface area contributed by atoms with Gasteiger partial charge in [0, 0.05) is 19.2 Å². The Morgan fingerprint density at radius 2 is 2.26 bits per heavy atom. The number of carboxylic acids is 1. The standard InChI is InChI=1S/C13H15N3O3/c1-14-8-11(13(19)16(2)9-12(17)18)15-10-6-4-3-5-7-10/h3-6,8H,1,7,9H2,2H3,(H,17,18)/b11-8-,15-10?. The lowest BCUT2D eigenvalue weighted by molar-refractivity contribution is -0.142. The Kier molecular flexibility index (Phi) is 5.40. The third-order valence-corrected chi connectivity index (χ3v) is 2.28. The first-order chi connectivity index (χ1) is 9.04. The monoisotopic (exact) mass is 261 g/mol. The van der Waals surface area contributed by atoms with Gasteiger partial charge < -0.3 is 10.0 Å². The molecule has 0 saturated carbocycles. The Morgan fingerprint density at radius 3 is 2.79 bits per heavy atom. The van der Waals surface area contributed by atoms with Gasteiger partial charge in [0.1, 0.15) is 12.2 Å². The summed E-state index contributed by atoms with van der Waals surface area (Å²) in [6, 6.07) is 0. The Balaban J connectivity index is 2.89. The van der Waals surface area contributed by atoms with Crippen molar-refractivity contribution in [2.45, 2.75) is 6.42 Å². The van der Waals surface area contributed by atoms with Gasteiger partial charge in [0.15, 0.2) is 0 Å². The summed E-state index contributed by atoms with van der Waals surface area (Å²) in [5, 5.41) is 8.66. The third kappa shape index (κ3) is 4.71. The van der Waals surface area contributed by atoms with Crippen molar-refractivity contribution in [3.8, 4) is 0 Å². The summed E-state index contributed by atoms with van der Waals surface area (Å²) < 4.78 is 0. The molecule has 1 aliphatic rings. The van der Waals surface area contributed by atoms with Gasteiger partial charge in [0.2, 0.25) is 0 Å². The molecule has 100 valence electrons. The second-order valence-electron chi connectivity index (χ2n) is 3.85. The molecular weight excluding hydrogens is 246 g/mol. The van der Waals surface area contributed by atoms with E-state index in [2.05, 4.69) is 16.7 Å².